The molecule has 1 aromatic carbocycles. The minimum atomic E-state index is -5.03. The summed E-state index contributed by atoms with van der Waals surface area (Å²) >= 11 is 0. The van der Waals surface area contributed by atoms with Gasteiger partial charge in [0.05, 0.1) is 0 Å². The molecular weight excluding hydrogens is 192 g/mol. The van der Waals surface area contributed by atoms with Crippen molar-refractivity contribution in [3.63, 3.8) is 0 Å². The number of rotatable bonds is 2. The molecule has 0 aromatic heterocycles. The van der Waals surface area contributed by atoms with E-state index in [0.717, 1.165) is 6.07 Å². The summed E-state index contributed by atoms with van der Waals surface area (Å²) in [6.45, 7) is -2.40. The van der Waals surface area contributed by atoms with Crippen LogP contribution >= 0.6 is 0 Å². The van der Waals surface area contributed by atoms with E-state index in [-0.39, 0.29) is 16.9 Å². The van der Waals surface area contributed by atoms with E-state index < -0.39 is 12.4 Å². The zero-order chi connectivity index (χ0) is 10.9. The average molecular weight is 201 g/mol. The molecule has 0 spiro atoms. The second-order valence-electron chi connectivity index (χ2n) is 3.20. The Morgan fingerprint density at radius 2 is 1.86 bits per heavy atom. The topological polar surface area (TPSA) is 17.1 Å². The Bertz CT molecular complexity index is 371. The molecule has 1 nitrogen and oxygen atoms in total. The maximum atomic E-state index is 12.4. The number of carbonyl (C=O) groups is 1. The van der Waals surface area contributed by atoms with Crippen molar-refractivity contribution >= 4 is 18.2 Å². The Labute approximate surface area is 80.0 Å². The maximum absolute atomic E-state index is 12.4. The molecule has 0 amide bonds. The lowest BCUT2D eigenvalue weighted by atomic mass is 9.76. The molecule has 0 N–H and O–H groups in total. The fraction of sp³-hybridized carbons (Fsp3) is 0.222. The minimum absolute atomic E-state index is 0.102. The van der Waals surface area contributed by atoms with Gasteiger partial charge in [-0.15, -0.1) is 5.46 Å². The summed E-state index contributed by atoms with van der Waals surface area (Å²) in [7, 11) is 0. The third-order valence-electron chi connectivity index (χ3n) is 2.04. The smallest absolute Gasteiger partial charge is 0.445 e. The number of hydrogen-bond acceptors (Lipinski definition) is 1. The zero-order valence-electron chi connectivity index (χ0n) is 7.85. The lowest BCUT2D eigenvalue weighted by Crippen LogP contribution is -2.36. The highest BCUT2D eigenvalue weighted by atomic mass is 19.4. The van der Waals surface area contributed by atoms with Crippen LogP contribution < -0.4 is 5.46 Å². The Morgan fingerprint density at radius 1 is 1.29 bits per heavy atom. The van der Waals surface area contributed by atoms with Gasteiger partial charge in [0.15, 0.2) is 5.78 Å². The molecule has 1 aromatic rings. The molecule has 1 rings (SSSR count). The second kappa shape index (κ2) is 3.48. The molecule has 0 aliphatic rings. The summed E-state index contributed by atoms with van der Waals surface area (Å²) in [6.07, 6.45) is 0. The predicted octanol–water partition coefficient (Wildman–Crippen LogP) is 2.25. The van der Waals surface area contributed by atoms with Gasteiger partial charge in [-0.25, -0.2) is 0 Å². The number of ketones is 1. The number of hydrogen-bond donors (Lipinski definition) is 0. The van der Waals surface area contributed by atoms with E-state index >= 15 is 0 Å². The van der Waals surface area contributed by atoms with Crippen LogP contribution in [0, 0.1) is 6.92 Å². The summed E-state index contributed by atoms with van der Waals surface area (Å²) < 4.78 is 37.3. The second-order valence-corrected chi connectivity index (χ2v) is 3.20. The largest absolute Gasteiger partial charge is 0.509 e. The molecule has 0 saturated carbocycles. The Morgan fingerprint density at radius 3 is 2.29 bits per heavy atom. The molecule has 0 aliphatic heterocycles. The Kier molecular flexibility index (Phi) is 2.69. The molecule has 0 atom stereocenters. The van der Waals surface area contributed by atoms with Crippen LogP contribution in [-0.4, -0.2) is 12.8 Å². The molecule has 0 heterocycles. The van der Waals surface area contributed by atoms with Crippen molar-refractivity contribution in [2.45, 2.75) is 13.8 Å². The molecule has 0 unspecified atom stereocenters. The van der Waals surface area contributed by atoms with Crippen molar-refractivity contribution < 1.29 is 17.7 Å². The molecule has 0 saturated heterocycles. The van der Waals surface area contributed by atoms with Crippen molar-refractivity contribution in [3.05, 3.63) is 29.3 Å². The van der Waals surface area contributed by atoms with E-state index in [1.807, 2.05) is 0 Å². The highest BCUT2D eigenvalue weighted by molar-refractivity contribution is 6.74. The van der Waals surface area contributed by atoms with E-state index in [4.69, 9.17) is 0 Å². The van der Waals surface area contributed by atoms with Gasteiger partial charge >= 0.3 is 6.98 Å². The average Bonchev–Trinajstić information content (AvgIpc) is 2.02. The van der Waals surface area contributed by atoms with Gasteiger partial charge in [-0.05, 0) is 13.8 Å². The molecule has 0 radical (unpaired) electrons. The van der Waals surface area contributed by atoms with E-state index in [1.165, 1.54) is 26.0 Å². The fourth-order valence-electron chi connectivity index (χ4n) is 1.21. The summed E-state index contributed by atoms with van der Waals surface area (Å²) in [5.74, 6) is -0.355. The highest BCUT2D eigenvalue weighted by Crippen LogP contribution is 2.13. The zero-order valence-corrected chi connectivity index (χ0v) is 7.85. The van der Waals surface area contributed by atoms with E-state index in [9.17, 15) is 17.7 Å². The van der Waals surface area contributed by atoms with Crippen molar-refractivity contribution in [1.29, 1.82) is 0 Å². The Hall–Kier alpha value is -1.26. The van der Waals surface area contributed by atoms with Crippen LogP contribution in [0.5, 0.6) is 0 Å². The minimum Gasteiger partial charge on any atom is -0.445 e. The van der Waals surface area contributed by atoms with Gasteiger partial charge in [0.1, 0.15) is 0 Å². The van der Waals surface area contributed by atoms with Crippen LogP contribution in [0.25, 0.3) is 0 Å². The summed E-state index contributed by atoms with van der Waals surface area (Å²) in [6, 6.07) is 3.64. The summed E-state index contributed by atoms with van der Waals surface area (Å²) in [5.41, 5.74) is -0.426. The molecule has 0 aliphatic carbocycles. The lowest BCUT2D eigenvalue weighted by Gasteiger charge is -2.18. The van der Waals surface area contributed by atoms with Crippen molar-refractivity contribution in [2.75, 3.05) is 0 Å². The van der Waals surface area contributed by atoms with Gasteiger partial charge in [-0.2, -0.15) is 0 Å². The fourth-order valence-corrected chi connectivity index (χ4v) is 1.21. The first-order valence-corrected chi connectivity index (χ1v) is 4.14. The van der Waals surface area contributed by atoms with Crippen LogP contribution in [-0.2, 0) is 0 Å². The third-order valence-corrected chi connectivity index (χ3v) is 2.04. The lowest BCUT2D eigenvalue weighted by molar-refractivity contribution is 0.101. The van der Waals surface area contributed by atoms with Crippen LogP contribution in [0.3, 0.4) is 0 Å². The number of benzene rings is 1. The molecular formula is C9H9BF3O-. The van der Waals surface area contributed by atoms with Gasteiger partial charge in [0, 0.05) is 5.56 Å². The first-order chi connectivity index (χ1) is 6.32. The number of carbonyl (C=O) groups excluding carboxylic acids is 1. The maximum Gasteiger partial charge on any atom is 0.509 e. The highest BCUT2D eigenvalue weighted by Gasteiger charge is 2.27. The molecule has 0 bridgehead atoms. The first-order valence-electron chi connectivity index (χ1n) is 4.14. The van der Waals surface area contributed by atoms with E-state index in [2.05, 4.69) is 0 Å². The van der Waals surface area contributed by atoms with Gasteiger partial charge in [0.25, 0.3) is 0 Å². The molecule has 0 fully saturated rings. The third kappa shape index (κ3) is 2.16. The molecule has 5 heteroatoms. The summed E-state index contributed by atoms with van der Waals surface area (Å²) in [4.78, 5) is 10.9. The van der Waals surface area contributed by atoms with E-state index in [0.29, 0.717) is 0 Å². The standard InChI is InChI=1S/C9H9BF3O/c1-6-3-4-8(7(2)14)5-9(6)10(11,12)13/h3-5H,1-2H3/q-1. The van der Waals surface area contributed by atoms with Crippen LogP contribution in [0.15, 0.2) is 18.2 Å². The monoisotopic (exact) mass is 201 g/mol. The first kappa shape index (κ1) is 10.8. The molecule has 14 heavy (non-hydrogen) atoms. The predicted molar refractivity (Wildman–Crippen MR) is 49.9 cm³/mol. The normalized spacial score (nSPS) is 11.5. The number of Topliss-reactive ketones (excluding diaryl/α,β-unsaturated/α-hetero) is 1. The van der Waals surface area contributed by atoms with Crippen molar-refractivity contribution in [2.24, 2.45) is 0 Å². The number of halogens is 3. The van der Waals surface area contributed by atoms with E-state index in [1.54, 1.807) is 0 Å². The van der Waals surface area contributed by atoms with Crippen molar-refractivity contribution in [3.8, 4) is 0 Å². The quantitative estimate of drug-likeness (QED) is 0.529. The SMILES string of the molecule is CC(=O)c1ccc(C)c([B-](F)(F)F)c1. The van der Waals surface area contributed by atoms with Gasteiger partial charge in [0.2, 0.25) is 0 Å². The van der Waals surface area contributed by atoms with Gasteiger partial charge in [-0.3, -0.25) is 4.79 Å². The van der Waals surface area contributed by atoms with Crippen LogP contribution in [0.4, 0.5) is 12.9 Å². The Balaban J connectivity index is 3.29. The molecule has 76 valence electrons. The summed E-state index contributed by atoms with van der Waals surface area (Å²) in [5, 5.41) is 0. The van der Waals surface area contributed by atoms with Crippen molar-refractivity contribution in [1.82, 2.24) is 0 Å². The number of aryl methyl sites for hydroxylation is 1. The van der Waals surface area contributed by atoms with Gasteiger partial charge in [-0.1, -0.05) is 23.8 Å². The van der Waals surface area contributed by atoms with Crippen LogP contribution in [0.1, 0.15) is 22.8 Å². The van der Waals surface area contributed by atoms with Crippen LogP contribution in [0.2, 0.25) is 0 Å². The van der Waals surface area contributed by atoms with Gasteiger partial charge < -0.3 is 12.9 Å².